The minimum Gasteiger partial charge on any atom is -0.263 e. The molecule has 19 heavy (non-hydrogen) atoms. The molecule has 0 fully saturated rings. The maximum absolute atomic E-state index is 12.4. The van der Waals surface area contributed by atoms with Crippen LogP contribution in [0.1, 0.15) is 20.8 Å². The van der Waals surface area contributed by atoms with Gasteiger partial charge in [-0.1, -0.05) is 36.3 Å². The third kappa shape index (κ3) is 2.45. The van der Waals surface area contributed by atoms with Crippen LogP contribution in [0.4, 0.5) is 0 Å². The maximum Gasteiger partial charge on any atom is 0.347 e. The van der Waals surface area contributed by atoms with Gasteiger partial charge in [0.15, 0.2) is 5.82 Å². The first-order valence-corrected chi connectivity index (χ1v) is 6.14. The van der Waals surface area contributed by atoms with Gasteiger partial charge in [0.25, 0.3) is 0 Å². The highest BCUT2D eigenvalue weighted by molar-refractivity contribution is 5.54. The van der Waals surface area contributed by atoms with Gasteiger partial charge in [-0.3, -0.25) is 4.57 Å². The zero-order chi connectivity index (χ0) is 14.0. The molecule has 0 amide bonds. The summed E-state index contributed by atoms with van der Waals surface area (Å²) in [6.45, 7) is 6.04. The van der Waals surface area contributed by atoms with E-state index >= 15 is 0 Å². The van der Waals surface area contributed by atoms with Gasteiger partial charge in [0.05, 0.1) is 12.1 Å². The fourth-order valence-corrected chi connectivity index (χ4v) is 1.87. The van der Waals surface area contributed by atoms with Crippen LogP contribution in [-0.2, 0) is 12.1 Å². The second-order valence-corrected chi connectivity index (χ2v) is 5.35. The number of benzene rings is 1. The van der Waals surface area contributed by atoms with Gasteiger partial charge in [-0.15, -0.1) is 11.5 Å². The molecule has 1 aromatic carbocycles. The van der Waals surface area contributed by atoms with Crippen molar-refractivity contribution in [2.45, 2.75) is 32.9 Å². The number of hydrogen-bond acceptors (Lipinski definition) is 2. The Labute approximate surface area is 112 Å². The molecule has 2 rings (SSSR count). The third-order valence-corrected chi connectivity index (χ3v) is 2.78. The molecule has 1 aromatic heterocycles. The second-order valence-electron chi connectivity index (χ2n) is 5.35. The summed E-state index contributed by atoms with van der Waals surface area (Å²) in [6, 6.07) is 9.59. The molecule has 2 aromatic rings. The smallest absolute Gasteiger partial charge is 0.263 e. The summed E-state index contributed by atoms with van der Waals surface area (Å²) in [6.07, 6.45) is 5.35. The van der Waals surface area contributed by atoms with Crippen molar-refractivity contribution in [2.75, 3.05) is 0 Å². The molecule has 0 aliphatic carbocycles. The zero-order valence-corrected chi connectivity index (χ0v) is 11.4. The SMILES string of the molecule is C#CCn1c(-c2ccccc2)nn(C(C)(C)C)c1=O. The summed E-state index contributed by atoms with van der Waals surface area (Å²) in [7, 11) is 0. The van der Waals surface area contributed by atoms with E-state index in [0.717, 1.165) is 5.56 Å². The zero-order valence-electron chi connectivity index (χ0n) is 11.4. The van der Waals surface area contributed by atoms with Gasteiger partial charge in [-0.25, -0.2) is 9.48 Å². The normalized spacial score (nSPS) is 11.3. The van der Waals surface area contributed by atoms with E-state index in [4.69, 9.17) is 6.42 Å². The molecule has 0 saturated carbocycles. The molecule has 0 bridgehead atoms. The average molecular weight is 255 g/mol. The molecule has 0 unspecified atom stereocenters. The quantitative estimate of drug-likeness (QED) is 0.771. The topological polar surface area (TPSA) is 39.8 Å². The Morgan fingerprint density at radius 2 is 1.89 bits per heavy atom. The Kier molecular flexibility index (Phi) is 3.30. The van der Waals surface area contributed by atoms with Crippen molar-refractivity contribution in [1.82, 2.24) is 14.3 Å². The van der Waals surface area contributed by atoms with Crippen molar-refractivity contribution in [3.8, 4) is 23.7 Å². The summed E-state index contributed by atoms with van der Waals surface area (Å²) in [5, 5.41) is 4.44. The summed E-state index contributed by atoms with van der Waals surface area (Å²) < 4.78 is 3.01. The summed E-state index contributed by atoms with van der Waals surface area (Å²) in [5.74, 6) is 3.12. The van der Waals surface area contributed by atoms with E-state index in [1.54, 1.807) is 0 Å². The lowest BCUT2D eigenvalue weighted by Crippen LogP contribution is -2.35. The van der Waals surface area contributed by atoms with Crippen molar-refractivity contribution in [1.29, 1.82) is 0 Å². The Balaban J connectivity index is 2.68. The van der Waals surface area contributed by atoms with Gasteiger partial charge in [-0.2, -0.15) is 0 Å². The number of aromatic nitrogens is 3. The highest BCUT2D eigenvalue weighted by atomic mass is 16.2. The van der Waals surface area contributed by atoms with Crippen LogP contribution < -0.4 is 5.69 Å². The van der Waals surface area contributed by atoms with E-state index in [-0.39, 0.29) is 17.8 Å². The average Bonchev–Trinajstić information content (AvgIpc) is 2.69. The van der Waals surface area contributed by atoms with E-state index in [9.17, 15) is 4.79 Å². The molecule has 0 radical (unpaired) electrons. The Morgan fingerprint density at radius 3 is 2.42 bits per heavy atom. The van der Waals surface area contributed by atoms with Crippen molar-refractivity contribution >= 4 is 0 Å². The molecule has 1 heterocycles. The maximum atomic E-state index is 12.4. The molecule has 0 aliphatic rings. The first-order valence-electron chi connectivity index (χ1n) is 6.14. The van der Waals surface area contributed by atoms with Gasteiger partial charge >= 0.3 is 5.69 Å². The molecule has 0 N–H and O–H groups in total. The molecule has 4 nitrogen and oxygen atoms in total. The lowest BCUT2D eigenvalue weighted by atomic mass is 10.1. The number of hydrogen-bond donors (Lipinski definition) is 0. The lowest BCUT2D eigenvalue weighted by molar-refractivity contribution is 0.341. The standard InChI is InChI=1S/C15H17N3O/c1-5-11-17-13(12-9-7-6-8-10-12)16-18(14(17)19)15(2,3)4/h1,6-10H,11H2,2-4H3. The monoisotopic (exact) mass is 255 g/mol. The van der Waals surface area contributed by atoms with E-state index < -0.39 is 0 Å². The van der Waals surface area contributed by atoms with Crippen LogP contribution in [0.3, 0.4) is 0 Å². The summed E-state index contributed by atoms with van der Waals surface area (Å²) in [5.41, 5.74) is 0.336. The fraction of sp³-hybridized carbons (Fsp3) is 0.333. The van der Waals surface area contributed by atoms with E-state index in [1.807, 2.05) is 51.1 Å². The van der Waals surface area contributed by atoms with Crippen molar-refractivity contribution in [3.63, 3.8) is 0 Å². The third-order valence-electron chi connectivity index (χ3n) is 2.78. The number of terminal acetylenes is 1. The Morgan fingerprint density at radius 1 is 1.26 bits per heavy atom. The Hall–Kier alpha value is -2.28. The molecule has 0 aliphatic heterocycles. The van der Waals surface area contributed by atoms with Crippen LogP contribution in [0, 0.1) is 12.3 Å². The van der Waals surface area contributed by atoms with E-state index in [0.29, 0.717) is 5.82 Å². The van der Waals surface area contributed by atoms with Crippen LogP contribution in [0.25, 0.3) is 11.4 Å². The fourth-order valence-electron chi connectivity index (χ4n) is 1.87. The molecule has 0 spiro atoms. The summed E-state index contributed by atoms with van der Waals surface area (Å²) in [4.78, 5) is 12.4. The van der Waals surface area contributed by atoms with E-state index in [1.165, 1.54) is 9.25 Å². The first kappa shape index (κ1) is 13.2. The van der Waals surface area contributed by atoms with Crippen LogP contribution >= 0.6 is 0 Å². The van der Waals surface area contributed by atoms with Crippen molar-refractivity contribution < 1.29 is 0 Å². The molecule has 0 atom stereocenters. The van der Waals surface area contributed by atoms with Gasteiger partial charge in [0.2, 0.25) is 0 Å². The molecular formula is C15H17N3O. The largest absolute Gasteiger partial charge is 0.347 e. The van der Waals surface area contributed by atoms with Crippen LogP contribution in [0.2, 0.25) is 0 Å². The van der Waals surface area contributed by atoms with Gasteiger partial charge in [0.1, 0.15) is 0 Å². The molecule has 0 saturated heterocycles. The predicted octanol–water partition coefficient (Wildman–Crippen LogP) is 2.10. The second kappa shape index (κ2) is 4.77. The molecular weight excluding hydrogens is 238 g/mol. The number of rotatable bonds is 2. The van der Waals surface area contributed by atoms with E-state index in [2.05, 4.69) is 11.0 Å². The predicted molar refractivity (Wildman–Crippen MR) is 75.8 cm³/mol. The van der Waals surface area contributed by atoms with Gasteiger partial charge in [0, 0.05) is 5.56 Å². The number of nitrogens with zero attached hydrogens (tertiary/aromatic N) is 3. The summed E-state index contributed by atoms with van der Waals surface area (Å²) >= 11 is 0. The van der Waals surface area contributed by atoms with Crippen LogP contribution in [0.15, 0.2) is 35.1 Å². The highest BCUT2D eigenvalue weighted by Crippen LogP contribution is 2.18. The van der Waals surface area contributed by atoms with Gasteiger partial charge in [-0.05, 0) is 20.8 Å². The lowest BCUT2D eigenvalue weighted by Gasteiger charge is -2.16. The molecule has 98 valence electrons. The minimum absolute atomic E-state index is 0.177. The van der Waals surface area contributed by atoms with Crippen molar-refractivity contribution in [2.24, 2.45) is 0 Å². The highest BCUT2D eigenvalue weighted by Gasteiger charge is 2.22. The van der Waals surface area contributed by atoms with Crippen molar-refractivity contribution in [3.05, 3.63) is 40.8 Å². The van der Waals surface area contributed by atoms with Gasteiger partial charge < -0.3 is 0 Å². The van der Waals surface area contributed by atoms with Crippen LogP contribution in [0.5, 0.6) is 0 Å². The van der Waals surface area contributed by atoms with Crippen LogP contribution in [-0.4, -0.2) is 14.3 Å². The molecule has 4 heteroatoms. The minimum atomic E-state index is -0.375. The first-order chi connectivity index (χ1) is 8.95. The Bertz CT molecular complexity index is 666.